The van der Waals surface area contributed by atoms with Crippen LogP contribution in [0.5, 0.6) is 0 Å². The summed E-state index contributed by atoms with van der Waals surface area (Å²) in [5.74, 6) is 0.242. The zero-order valence-corrected chi connectivity index (χ0v) is 12.3. The molecule has 0 saturated heterocycles. The van der Waals surface area contributed by atoms with Crippen LogP contribution in [0.15, 0.2) is 18.2 Å². The number of hydrogen-bond acceptors (Lipinski definition) is 5. The number of nitrogens with two attached hydrogens (primary N) is 1. The standard InChI is InChI=1S/C13H11Cl2N5O/c14-7-3-1-2-6(8(7)15)9-11(16)20-12-10(19-9)13(21)18-5-4-17-12/h1-3H,4-5H2,(H,18,21)(H3,16,17,20). The van der Waals surface area contributed by atoms with Gasteiger partial charge in [-0.15, -0.1) is 0 Å². The second-order valence-corrected chi connectivity index (χ2v) is 5.22. The Kier molecular flexibility index (Phi) is 3.57. The average molecular weight is 324 g/mol. The number of fused-ring (bicyclic) bond motifs is 1. The van der Waals surface area contributed by atoms with E-state index in [1.165, 1.54) is 0 Å². The molecular formula is C13H11Cl2N5O. The van der Waals surface area contributed by atoms with Gasteiger partial charge in [0, 0.05) is 18.7 Å². The van der Waals surface area contributed by atoms with Gasteiger partial charge in [-0.2, -0.15) is 0 Å². The van der Waals surface area contributed by atoms with Crippen molar-refractivity contribution in [2.45, 2.75) is 0 Å². The number of hydrogen-bond donors (Lipinski definition) is 3. The number of amides is 1. The molecule has 0 unspecified atom stereocenters. The molecule has 1 amide bonds. The van der Waals surface area contributed by atoms with E-state index >= 15 is 0 Å². The first-order valence-corrected chi connectivity index (χ1v) is 6.97. The number of halogens is 2. The topological polar surface area (TPSA) is 92.9 Å². The Bertz CT molecular complexity index is 735. The van der Waals surface area contributed by atoms with E-state index in [0.717, 1.165) is 0 Å². The second-order valence-electron chi connectivity index (χ2n) is 4.44. The lowest BCUT2D eigenvalue weighted by molar-refractivity contribution is 0.0953. The third-order valence-electron chi connectivity index (χ3n) is 3.05. The number of carbonyl (C=O) groups excluding carboxylic acids is 1. The number of rotatable bonds is 1. The molecule has 0 atom stereocenters. The molecule has 6 nitrogen and oxygen atoms in total. The number of aromatic nitrogens is 2. The van der Waals surface area contributed by atoms with Gasteiger partial charge in [0.05, 0.1) is 10.0 Å². The van der Waals surface area contributed by atoms with Crippen molar-refractivity contribution < 1.29 is 4.79 Å². The van der Waals surface area contributed by atoms with E-state index in [-0.39, 0.29) is 17.4 Å². The van der Waals surface area contributed by atoms with E-state index in [0.29, 0.717) is 40.2 Å². The SMILES string of the molecule is Nc1nc2c(nc1-c1cccc(Cl)c1Cl)C(=O)NCCN2. The fourth-order valence-corrected chi connectivity index (χ4v) is 2.45. The molecule has 0 bridgehead atoms. The van der Waals surface area contributed by atoms with Gasteiger partial charge in [-0.1, -0.05) is 35.3 Å². The number of nitrogens with zero attached hydrogens (tertiary/aromatic N) is 2. The number of anilines is 2. The van der Waals surface area contributed by atoms with Crippen LogP contribution in [0.1, 0.15) is 10.5 Å². The second kappa shape index (κ2) is 5.38. The van der Waals surface area contributed by atoms with Crippen molar-refractivity contribution in [2.24, 2.45) is 0 Å². The van der Waals surface area contributed by atoms with Crippen molar-refractivity contribution in [1.82, 2.24) is 15.3 Å². The van der Waals surface area contributed by atoms with E-state index in [1.807, 2.05) is 0 Å². The Balaban J connectivity index is 2.20. The van der Waals surface area contributed by atoms with Crippen molar-refractivity contribution in [1.29, 1.82) is 0 Å². The van der Waals surface area contributed by atoms with Crippen LogP contribution >= 0.6 is 23.2 Å². The third kappa shape index (κ3) is 2.48. The molecule has 2 aromatic rings. The summed E-state index contributed by atoms with van der Waals surface area (Å²) >= 11 is 12.2. The van der Waals surface area contributed by atoms with E-state index in [1.54, 1.807) is 18.2 Å². The molecule has 8 heteroatoms. The van der Waals surface area contributed by atoms with Crippen molar-refractivity contribution >= 4 is 40.7 Å². The molecule has 0 radical (unpaired) electrons. The zero-order valence-electron chi connectivity index (χ0n) is 10.8. The van der Waals surface area contributed by atoms with Gasteiger partial charge >= 0.3 is 0 Å². The summed E-state index contributed by atoms with van der Waals surface area (Å²) in [7, 11) is 0. The molecule has 1 aliphatic rings. The fourth-order valence-electron chi connectivity index (χ4n) is 2.06. The average Bonchev–Trinajstić information content (AvgIpc) is 2.63. The summed E-state index contributed by atoms with van der Waals surface area (Å²) in [5.41, 5.74) is 7.00. The van der Waals surface area contributed by atoms with Crippen LogP contribution in [0, 0.1) is 0 Å². The van der Waals surface area contributed by atoms with Crippen LogP contribution in [0.4, 0.5) is 11.6 Å². The predicted molar refractivity (Wildman–Crippen MR) is 82.7 cm³/mol. The highest BCUT2D eigenvalue weighted by atomic mass is 35.5. The maximum absolute atomic E-state index is 12.0. The van der Waals surface area contributed by atoms with Gasteiger partial charge in [0.1, 0.15) is 5.69 Å². The summed E-state index contributed by atoms with van der Waals surface area (Å²) in [4.78, 5) is 20.5. The Labute approximate surface area is 130 Å². The minimum Gasteiger partial charge on any atom is -0.382 e. The third-order valence-corrected chi connectivity index (χ3v) is 3.87. The highest BCUT2D eigenvalue weighted by Crippen LogP contribution is 2.35. The first-order chi connectivity index (χ1) is 10.1. The molecule has 108 valence electrons. The largest absolute Gasteiger partial charge is 0.382 e. The molecule has 21 heavy (non-hydrogen) atoms. The molecule has 0 aliphatic carbocycles. The minimum absolute atomic E-state index is 0.181. The summed E-state index contributed by atoms with van der Waals surface area (Å²) < 4.78 is 0. The lowest BCUT2D eigenvalue weighted by atomic mass is 10.1. The summed E-state index contributed by atoms with van der Waals surface area (Å²) in [6.07, 6.45) is 0. The molecule has 2 heterocycles. The lowest BCUT2D eigenvalue weighted by Crippen LogP contribution is -2.25. The van der Waals surface area contributed by atoms with Crippen LogP contribution in [0.3, 0.4) is 0 Å². The molecule has 4 N–H and O–H groups in total. The zero-order chi connectivity index (χ0) is 15.0. The minimum atomic E-state index is -0.304. The van der Waals surface area contributed by atoms with Gasteiger partial charge in [0.2, 0.25) is 0 Å². The van der Waals surface area contributed by atoms with Gasteiger partial charge in [-0.25, -0.2) is 9.97 Å². The van der Waals surface area contributed by atoms with Crippen molar-refractivity contribution in [2.75, 3.05) is 24.1 Å². The van der Waals surface area contributed by atoms with Crippen molar-refractivity contribution in [3.63, 3.8) is 0 Å². The Hall–Kier alpha value is -2.05. The molecule has 3 rings (SSSR count). The summed E-state index contributed by atoms with van der Waals surface area (Å²) in [6, 6.07) is 5.12. The molecule has 0 spiro atoms. The van der Waals surface area contributed by atoms with Crippen molar-refractivity contribution in [3.05, 3.63) is 33.9 Å². The summed E-state index contributed by atoms with van der Waals surface area (Å²) in [6.45, 7) is 1.05. The lowest BCUT2D eigenvalue weighted by Gasteiger charge is -2.11. The smallest absolute Gasteiger partial charge is 0.273 e. The van der Waals surface area contributed by atoms with Crippen LogP contribution in [-0.4, -0.2) is 29.0 Å². The van der Waals surface area contributed by atoms with Crippen molar-refractivity contribution in [3.8, 4) is 11.3 Å². The van der Waals surface area contributed by atoms with E-state index < -0.39 is 0 Å². The maximum atomic E-state index is 12.0. The van der Waals surface area contributed by atoms with Crippen LogP contribution in [0.2, 0.25) is 10.0 Å². The molecule has 1 aromatic heterocycles. The van der Waals surface area contributed by atoms with E-state index in [4.69, 9.17) is 28.9 Å². The number of benzene rings is 1. The predicted octanol–water partition coefficient (Wildman–Crippen LogP) is 2.19. The number of nitrogen functional groups attached to an aromatic ring is 1. The Morgan fingerprint density at radius 1 is 1.10 bits per heavy atom. The molecule has 1 aromatic carbocycles. The Morgan fingerprint density at radius 3 is 2.67 bits per heavy atom. The molecular weight excluding hydrogens is 313 g/mol. The molecule has 0 saturated carbocycles. The fraction of sp³-hybridized carbons (Fsp3) is 0.154. The van der Waals surface area contributed by atoms with Crippen LogP contribution < -0.4 is 16.4 Å². The van der Waals surface area contributed by atoms with Gasteiger partial charge < -0.3 is 16.4 Å². The number of nitrogens with one attached hydrogen (secondary N) is 2. The van der Waals surface area contributed by atoms with Gasteiger partial charge in [0.25, 0.3) is 5.91 Å². The van der Waals surface area contributed by atoms with Gasteiger partial charge in [-0.05, 0) is 6.07 Å². The highest BCUT2D eigenvalue weighted by molar-refractivity contribution is 6.43. The highest BCUT2D eigenvalue weighted by Gasteiger charge is 2.22. The van der Waals surface area contributed by atoms with Crippen LogP contribution in [-0.2, 0) is 0 Å². The van der Waals surface area contributed by atoms with E-state index in [9.17, 15) is 4.79 Å². The first kappa shape index (κ1) is 13.9. The van der Waals surface area contributed by atoms with Gasteiger partial charge in [0.15, 0.2) is 17.3 Å². The molecule has 0 fully saturated rings. The maximum Gasteiger partial charge on any atom is 0.273 e. The molecule has 1 aliphatic heterocycles. The number of carbonyl (C=O) groups is 1. The first-order valence-electron chi connectivity index (χ1n) is 6.22. The normalized spacial score (nSPS) is 13.9. The quantitative estimate of drug-likeness (QED) is 0.748. The Morgan fingerprint density at radius 2 is 1.86 bits per heavy atom. The van der Waals surface area contributed by atoms with Crippen LogP contribution in [0.25, 0.3) is 11.3 Å². The monoisotopic (exact) mass is 323 g/mol. The van der Waals surface area contributed by atoms with E-state index in [2.05, 4.69) is 20.6 Å². The summed E-state index contributed by atoms with van der Waals surface area (Å²) in [5, 5.41) is 6.43. The van der Waals surface area contributed by atoms with Gasteiger partial charge in [-0.3, -0.25) is 4.79 Å².